The van der Waals surface area contributed by atoms with E-state index in [-0.39, 0.29) is 5.91 Å². The van der Waals surface area contributed by atoms with Crippen molar-refractivity contribution in [1.82, 2.24) is 19.6 Å². The van der Waals surface area contributed by atoms with Gasteiger partial charge in [0.05, 0.1) is 6.20 Å². The van der Waals surface area contributed by atoms with Gasteiger partial charge in [-0.2, -0.15) is 5.10 Å². The summed E-state index contributed by atoms with van der Waals surface area (Å²) in [4.78, 5) is 17.6. The third-order valence-corrected chi connectivity index (χ3v) is 5.95. The lowest BCUT2D eigenvalue weighted by Crippen LogP contribution is -2.48. The molecule has 144 valence electrons. The second-order valence-corrected chi connectivity index (χ2v) is 8.21. The van der Waals surface area contributed by atoms with E-state index in [2.05, 4.69) is 45.2 Å². The van der Waals surface area contributed by atoms with Crippen molar-refractivity contribution in [3.63, 3.8) is 0 Å². The zero-order chi connectivity index (χ0) is 18.6. The Morgan fingerprint density at radius 1 is 1.15 bits per heavy atom. The topological polar surface area (TPSA) is 41.4 Å². The van der Waals surface area contributed by atoms with Crippen LogP contribution in [0.5, 0.6) is 0 Å². The summed E-state index contributed by atoms with van der Waals surface area (Å²) in [7, 11) is 0. The van der Waals surface area contributed by atoms with Crippen LogP contribution in [0.1, 0.15) is 30.4 Å². The van der Waals surface area contributed by atoms with Gasteiger partial charge in [-0.1, -0.05) is 30.3 Å². The SMILES string of the molecule is Cc1cnn(CC(=O)N2C[C@H]3CC[C@@H]2CN(CCCc2ccccc2)C3)c1. The van der Waals surface area contributed by atoms with Crippen LogP contribution in [0.4, 0.5) is 0 Å². The third kappa shape index (κ3) is 4.59. The molecule has 3 fully saturated rings. The van der Waals surface area contributed by atoms with Crippen molar-refractivity contribution in [1.29, 1.82) is 0 Å². The minimum absolute atomic E-state index is 0.221. The molecule has 0 aliphatic carbocycles. The molecule has 3 saturated heterocycles. The van der Waals surface area contributed by atoms with Gasteiger partial charge in [-0.05, 0) is 56.2 Å². The first-order valence-electron chi connectivity index (χ1n) is 10.2. The van der Waals surface area contributed by atoms with Crippen LogP contribution in [0, 0.1) is 12.8 Å². The third-order valence-electron chi connectivity index (χ3n) is 5.95. The van der Waals surface area contributed by atoms with Crippen LogP contribution < -0.4 is 0 Å². The minimum Gasteiger partial charge on any atom is -0.336 e. The number of piperidine rings is 1. The van der Waals surface area contributed by atoms with Crippen molar-refractivity contribution in [3.8, 4) is 0 Å². The molecule has 2 bridgehead atoms. The summed E-state index contributed by atoms with van der Waals surface area (Å²) in [6, 6.07) is 11.1. The molecule has 2 atom stereocenters. The molecule has 27 heavy (non-hydrogen) atoms. The molecule has 2 aromatic rings. The van der Waals surface area contributed by atoms with Crippen molar-refractivity contribution < 1.29 is 4.79 Å². The Morgan fingerprint density at radius 2 is 2.00 bits per heavy atom. The Balaban J connectivity index is 1.32. The highest BCUT2D eigenvalue weighted by atomic mass is 16.2. The van der Waals surface area contributed by atoms with Gasteiger partial charge < -0.3 is 9.80 Å². The number of amides is 1. The van der Waals surface area contributed by atoms with Crippen LogP contribution in [0.25, 0.3) is 0 Å². The fourth-order valence-corrected chi connectivity index (χ4v) is 4.60. The Morgan fingerprint density at radius 3 is 2.78 bits per heavy atom. The van der Waals surface area contributed by atoms with Crippen molar-refractivity contribution in [2.45, 2.75) is 45.2 Å². The number of carbonyl (C=O) groups excluding carboxylic acids is 1. The summed E-state index contributed by atoms with van der Waals surface area (Å²) in [6.45, 7) is 6.58. The quantitative estimate of drug-likeness (QED) is 0.789. The maximum Gasteiger partial charge on any atom is 0.244 e. The summed E-state index contributed by atoms with van der Waals surface area (Å²) in [5.41, 5.74) is 2.52. The average Bonchev–Trinajstić information content (AvgIpc) is 2.89. The predicted octanol–water partition coefficient (Wildman–Crippen LogP) is 2.75. The van der Waals surface area contributed by atoms with Crippen molar-refractivity contribution >= 4 is 5.91 Å². The molecule has 1 aromatic carbocycles. The van der Waals surface area contributed by atoms with E-state index in [1.807, 2.05) is 19.3 Å². The van der Waals surface area contributed by atoms with E-state index in [9.17, 15) is 4.79 Å². The highest BCUT2D eigenvalue weighted by Crippen LogP contribution is 2.28. The maximum atomic E-state index is 12.9. The molecule has 5 nitrogen and oxygen atoms in total. The molecular weight excluding hydrogens is 336 g/mol. The number of rotatable bonds is 6. The lowest BCUT2D eigenvalue weighted by atomic mass is 9.95. The van der Waals surface area contributed by atoms with Gasteiger partial charge in [0.25, 0.3) is 0 Å². The minimum atomic E-state index is 0.221. The summed E-state index contributed by atoms with van der Waals surface area (Å²) in [6.07, 6.45) is 8.48. The number of hydrogen-bond acceptors (Lipinski definition) is 3. The Bertz CT molecular complexity index is 757. The maximum absolute atomic E-state index is 12.9. The molecular formula is C22H30N4O. The van der Waals surface area contributed by atoms with E-state index in [4.69, 9.17) is 0 Å². The van der Waals surface area contributed by atoms with Gasteiger partial charge in [-0.25, -0.2) is 0 Å². The predicted molar refractivity (Wildman–Crippen MR) is 106 cm³/mol. The molecule has 0 spiro atoms. The van der Waals surface area contributed by atoms with Crippen molar-refractivity contribution in [2.24, 2.45) is 5.92 Å². The summed E-state index contributed by atoms with van der Waals surface area (Å²) < 4.78 is 1.77. The van der Waals surface area contributed by atoms with Crippen LogP contribution in [-0.2, 0) is 17.8 Å². The second-order valence-electron chi connectivity index (χ2n) is 8.21. The van der Waals surface area contributed by atoms with Gasteiger partial charge in [0.1, 0.15) is 6.54 Å². The van der Waals surface area contributed by atoms with E-state index in [1.165, 1.54) is 18.4 Å². The molecule has 5 heteroatoms. The zero-order valence-electron chi connectivity index (χ0n) is 16.3. The first-order chi connectivity index (χ1) is 13.2. The van der Waals surface area contributed by atoms with E-state index >= 15 is 0 Å². The highest BCUT2D eigenvalue weighted by Gasteiger charge is 2.36. The number of benzene rings is 1. The van der Waals surface area contributed by atoms with Crippen LogP contribution in [0.2, 0.25) is 0 Å². The molecule has 5 rings (SSSR count). The van der Waals surface area contributed by atoms with E-state index < -0.39 is 0 Å². The lowest BCUT2D eigenvalue weighted by molar-refractivity contribution is -0.136. The van der Waals surface area contributed by atoms with Gasteiger partial charge in [-0.3, -0.25) is 9.48 Å². The normalized spacial score (nSPS) is 22.8. The number of hydrogen-bond donors (Lipinski definition) is 0. The monoisotopic (exact) mass is 366 g/mol. The van der Waals surface area contributed by atoms with Crippen molar-refractivity contribution in [3.05, 3.63) is 53.9 Å². The van der Waals surface area contributed by atoms with Gasteiger partial charge >= 0.3 is 0 Å². The largest absolute Gasteiger partial charge is 0.336 e. The van der Waals surface area contributed by atoms with E-state index in [0.29, 0.717) is 18.5 Å². The molecule has 3 aliphatic rings. The number of aromatic nitrogens is 2. The second kappa shape index (κ2) is 8.26. The smallest absolute Gasteiger partial charge is 0.244 e. The Hall–Kier alpha value is -2.14. The molecule has 1 amide bonds. The molecule has 0 unspecified atom stereocenters. The summed E-state index contributed by atoms with van der Waals surface area (Å²) in [5, 5.41) is 4.28. The van der Waals surface area contributed by atoms with Gasteiger partial charge in [0.15, 0.2) is 0 Å². The average molecular weight is 367 g/mol. The molecule has 3 aliphatic heterocycles. The van der Waals surface area contributed by atoms with Gasteiger partial charge in [-0.15, -0.1) is 0 Å². The zero-order valence-corrected chi connectivity index (χ0v) is 16.3. The van der Waals surface area contributed by atoms with Crippen LogP contribution in [0.15, 0.2) is 42.7 Å². The van der Waals surface area contributed by atoms with E-state index in [1.54, 1.807) is 4.68 Å². The lowest BCUT2D eigenvalue weighted by Gasteiger charge is -2.36. The van der Waals surface area contributed by atoms with Crippen molar-refractivity contribution in [2.75, 3.05) is 26.2 Å². The summed E-state index contributed by atoms with van der Waals surface area (Å²) in [5.74, 6) is 0.836. The van der Waals surface area contributed by atoms with Gasteiger partial charge in [0, 0.05) is 31.9 Å². The highest BCUT2D eigenvalue weighted by molar-refractivity contribution is 5.76. The van der Waals surface area contributed by atoms with E-state index in [0.717, 1.165) is 44.6 Å². The number of aryl methyl sites for hydroxylation is 2. The number of fused-ring (bicyclic) bond motifs is 4. The first-order valence-corrected chi connectivity index (χ1v) is 10.2. The summed E-state index contributed by atoms with van der Waals surface area (Å²) >= 11 is 0. The number of carbonyl (C=O) groups is 1. The standard InChI is InChI=1S/C22H30N4O/c1-18-12-23-25(13-18)17-22(27)26-15-20-9-10-21(26)16-24(14-20)11-5-8-19-6-3-2-4-7-19/h2-4,6-7,12-13,20-21H,5,8-11,14-17H2,1H3/t20-,21+/m0/s1. The van der Waals surface area contributed by atoms with Crippen LogP contribution >= 0.6 is 0 Å². The molecule has 0 N–H and O–H groups in total. The van der Waals surface area contributed by atoms with Crippen LogP contribution in [-0.4, -0.2) is 57.7 Å². The van der Waals surface area contributed by atoms with Gasteiger partial charge in [0.2, 0.25) is 5.91 Å². The Kier molecular flexibility index (Phi) is 5.58. The molecule has 0 saturated carbocycles. The fourth-order valence-electron chi connectivity index (χ4n) is 4.60. The molecule has 0 radical (unpaired) electrons. The Labute approximate surface area is 162 Å². The first kappa shape index (κ1) is 18.2. The fraction of sp³-hybridized carbons (Fsp3) is 0.545. The molecule has 1 aromatic heterocycles. The number of nitrogens with zero attached hydrogens (tertiary/aromatic N) is 4. The molecule has 4 heterocycles. The van der Waals surface area contributed by atoms with Crippen LogP contribution in [0.3, 0.4) is 0 Å².